The van der Waals surface area contributed by atoms with Crippen LogP contribution in [0.25, 0.3) is 10.8 Å². The monoisotopic (exact) mass is 404 g/mol. The molecule has 3 aromatic rings. The summed E-state index contributed by atoms with van der Waals surface area (Å²) in [6.07, 6.45) is 4.31. The Balaban J connectivity index is 1.50. The third-order valence-electron chi connectivity index (χ3n) is 5.82. The molecule has 1 unspecified atom stereocenters. The smallest absolute Gasteiger partial charge is 0.272 e. The van der Waals surface area contributed by atoms with Crippen molar-refractivity contribution in [2.24, 2.45) is 0 Å². The zero-order chi connectivity index (χ0) is 20.9. The number of piperidine rings is 1. The molecule has 0 radical (unpaired) electrons. The molecule has 6 nitrogen and oxygen atoms in total. The van der Waals surface area contributed by atoms with Gasteiger partial charge in [-0.25, -0.2) is 0 Å². The number of carbonyl (C=O) groups is 1. The highest BCUT2D eigenvalue weighted by Crippen LogP contribution is 2.30. The molecule has 0 spiro atoms. The Kier molecular flexibility index (Phi) is 6.12. The zero-order valence-corrected chi connectivity index (χ0v) is 17.6. The minimum Gasteiger partial charge on any atom is -0.497 e. The van der Waals surface area contributed by atoms with E-state index in [2.05, 4.69) is 27.3 Å². The van der Waals surface area contributed by atoms with Crippen molar-refractivity contribution in [3.63, 3.8) is 0 Å². The van der Waals surface area contributed by atoms with Crippen molar-refractivity contribution < 1.29 is 9.53 Å². The van der Waals surface area contributed by atoms with E-state index in [-0.39, 0.29) is 5.91 Å². The van der Waals surface area contributed by atoms with E-state index in [0.717, 1.165) is 53.7 Å². The summed E-state index contributed by atoms with van der Waals surface area (Å²) in [5, 5.41) is 13.7. The highest BCUT2D eigenvalue weighted by molar-refractivity contribution is 6.07. The molecule has 1 aliphatic rings. The second-order valence-electron chi connectivity index (χ2n) is 7.81. The van der Waals surface area contributed by atoms with Crippen LogP contribution >= 0.6 is 0 Å². The highest BCUT2D eigenvalue weighted by atomic mass is 16.5. The van der Waals surface area contributed by atoms with Gasteiger partial charge >= 0.3 is 0 Å². The summed E-state index contributed by atoms with van der Waals surface area (Å²) in [6.45, 7) is 3.74. The molecule has 1 fully saturated rings. The fourth-order valence-electron chi connectivity index (χ4n) is 4.08. The molecule has 1 saturated heterocycles. The number of fused-ring (bicyclic) bond motifs is 1. The molecule has 0 bridgehead atoms. The van der Waals surface area contributed by atoms with Crippen LogP contribution in [0.2, 0.25) is 0 Å². The normalized spacial score (nSPS) is 16.5. The molecule has 2 aromatic carbocycles. The van der Waals surface area contributed by atoms with Crippen LogP contribution in [0.3, 0.4) is 0 Å². The molecule has 6 heteroatoms. The third-order valence-corrected chi connectivity index (χ3v) is 5.82. The van der Waals surface area contributed by atoms with Crippen molar-refractivity contribution in [3.8, 4) is 5.75 Å². The number of ether oxygens (including phenoxy) is 1. The van der Waals surface area contributed by atoms with Gasteiger partial charge < -0.3 is 15.0 Å². The number of benzene rings is 2. The highest BCUT2D eigenvalue weighted by Gasteiger charge is 2.24. The van der Waals surface area contributed by atoms with Gasteiger partial charge in [0.25, 0.3) is 5.91 Å². The fourth-order valence-corrected chi connectivity index (χ4v) is 4.08. The Hall–Kier alpha value is -3.15. The summed E-state index contributed by atoms with van der Waals surface area (Å²) in [7, 11) is 1.65. The second-order valence-corrected chi connectivity index (χ2v) is 7.81. The molecule has 0 saturated carbocycles. The molecule has 1 atom stereocenters. The summed E-state index contributed by atoms with van der Waals surface area (Å²) in [4.78, 5) is 15.2. The first-order chi connectivity index (χ1) is 14.7. The van der Waals surface area contributed by atoms with Crippen molar-refractivity contribution >= 4 is 22.5 Å². The molecule has 30 heavy (non-hydrogen) atoms. The van der Waals surface area contributed by atoms with Gasteiger partial charge in [-0.2, -0.15) is 0 Å². The number of hydrogen-bond acceptors (Lipinski definition) is 5. The lowest BCUT2D eigenvalue weighted by molar-refractivity contribution is 0.0950. The number of hydrogen-bond donors (Lipinski definition) is 1. The van der Waals surface area contributed by atoms with Crippen LogP contribution in [-0.2, 0) is 6.42 Å². The average Bonchev–Trinajstić information content (AvgIpc) is 2.79. The van der Waals surface area contributed by atoms with E-state index < -0.39 is 0 Å². The summed E-state index contributed by atoms with van der Waals surface area (Å²) in [6, 6.07) is 16.2. The topological polar surface area (TPSA) is 67.3 Å². The van der Waals surface area contributed by atoms with Crippen LogP contribution in [0.15, 0.2) is 48.5 Å². The maximum atomic E-state index is 12.9. The SMILES string of the molecule is COc1ccc(CCNC(=O)c2nnc(N3CCCCC3C)c3ccccc23)cc1. The van der Waals surface area contributed by atoms with Gasteiger partial charge in [-0.3, -0.25) is 4.79 Å². The molecule has 1 amide bonds. The number of methoxy groups -OCH3 is 1. The van der Waals surface area contributed by atoms with Gasteiger partial charge in [0.1, 0.15) is 5.75 Å². The van der Waals surface area contributed by atoms with E-state index in [1.54, 1.807) is 7.11 Å². The number of nitrogens with zero attached hydrogens (tertiary/aromatic N) is 3. The van der Waals surface area contributed by atoms with Crippen LogP contribution in [0.1, 0.15) is 42.2 Å². The van der Waals surface area contributed by atoms with Crippen molar-refractivity contribution in [1.82, 2.24) is 15.5 Å². The van der Waals surface area contributed by atoms with Gasteiger partial charge in [0.2, 0.25) is 0 Å². The Morgan fingerprint density at radius 2 is 1.87 bits per heavy atom. The van der Waals surface area contributed by atoms with Crippen LogP contribution in [0.5, 0.6) is 5.75 Å². The first kappa shape index (κ1) is 20.1. The Labute approximate surface area is 177 Å². The minimum atomic E-state index is -0.189. The lowest BCUT2D eigenvalue weighted by Crippen LogP contribution is -2.38. The predicted molar refractivity (Wildman–Crippen MR) is 119 cm³/mol. The minimum absolute atomic E-state index is 0.189. The van der Waals surface area contributed by atoms with Gasteiger partial charge in [-0.05, 0) is 50.3 Å². The van der Waals surface area contributed by atoms with Crippen molar-refractivity contribution in [1.29, 1.82) is 0 Å². The van der Waals surface area contributed by atoms with Gasteiger partial charge in [0.05, 0.1) is 7.11 Å². The predicted octanol–water partition coefficient (Wildman–Crippen LogP) is 3.99. The first-order valence-corrected chi connectivity index (χ1v) is 10.6. The zero-order valence-electron chi connectivity index (χ0n) is 17.6. The lowest BCUT2D eigenvalue weighted by Gasteiger charge is -2.34. The number of aromatic nitrogens is 2. The number of carbonyl (C=O) groups excluding carboxylic acids is 1. The number of anilines is 1. The van der Waals surface area contributed by atoms with E-state index in [1.807, 2.05) is 48.5 Å². The molecule has 1 N–H and O–H groups in total. The van der Waals surface area contributed by atoms with E-state index in [1.165, 1.54) is 6.42 Å². The molecular weight excluding hydrogens is 376 g/mol. The van der Waals surface area contributed by atoms with Crippen LogP contribution < -0.4 is 15.0 Å². The van der Waals surface area contributed by atoms with Crippen molar-refractivity contribution in [3.05, 3.63) is 59.8 Å². The fraction of sp³-hybridized carbons (Fsp3) is 0.375. The molecule has 156 valence electrons. The molecule has 2 heterocycles. The quantitative estimate of drug-likeness (QED) is 0.673. The third kappa shape index (κ3) is 4.22. The number of amides is 1. The van der Waals surface area contributed by atoms with E-state index in [0.29, 0.717) is 18.3 Å². The molecule has 4 rings (SSSR count). The maximum absolute atomic E-state index is 12.9. The summed E-state index contributed by atoms with van der Waals surface area (Å²) in [5.41, 5.74) is 1.52. The van der Waals surface area contributed by atoms with Gasteiger partial charge in [-0.15, -0.1) is 10.2 Å². The lowest BCUT2D eigenvalue weighted by atomic mass is 10.0. The van der Waals surface area contributed by atoms with Gasteiger partial charge in [0, 0.05) is 29.9 Å². The van der Waals surface area contributed by atoms with Gasteiger partial charge in [-0.1, -0.05) is 36.4 Å². The second kappa shape index (κ2) is 9.11. The number of rotatable bonds is 6. The van der Waals surface area contributed by atoms with Crippen LogP contribution in [0.4, 0.5) is 5.82 Å². The van der Waals surface area contributed by atoms with E-state index in [4.69, 9.17) is 4.74 Å². The maximum Gasteiger partial charge on any atom is 0.272 e. The first-order valence-electron chi connectivity index (χ1n) is 10.6. The van der Waals surface area contributed by atoms with Crippen molar-refractivity contribution in [2.75, 3.05) is 25.1 Å². The molecule has 1 aromatic heterocycles. The molecular formula is C24H28N4O2. The van der Waals surface area contributed by atoms with Crippen LogP contribution in [-0.4, -0.2) is 42.3 Å². The van der Waals surface area contributed by atoms with E-state index >= 15 is 0 Å². The Morgan fingerprint density at radius 3 is 2.60 bits per heavy atom. The summed E-state index contributed by atoms with van der Waals surface area (Å²) >= 11 is 0. The largest absolute Gasteiger partial charge is 0.497 e. The summed E-state index contributed by atoms with van der Waals surface area (Å²) in [5.74, 6) is 1.52. The molecule has 1 aliphatic heterocycles. The number of nitrogens with one attached hydrogen (secondary N) is 1. The Morgan fingerprint density at radius 1 is 1.10 bits per heavy atom. The van der Waals surface area contributed by atoms with Gasteiger partial charge in [0.15, 0.2) is 11.5 Å². The summed E-state index contributed by atoms with van der Waals surface area (Å²) < 4.78 is 5.18. The van der Waals surface area contributed by atoms with Crippen LogP contribution in [0, 0.1) is 0 Å². The van der Waals surface area contributed by atoms with Crippen molar-refractivity contribution in [2.45, 2.75) is 38.6 Å². The Bertz CT molecular complexity index is 1020. The average molecular weight is 405 g/mol. The molecule has 0 aliphatic carbocycles. The standard InChI is InChI=1S/C24H28N4O2/c1-17-7-5-6-16-28(17)23-21-9-4-3-8-20(21)22(26-27-23)24(29)25-15-14-18-10-12-19(30-2)13-11-18/h3-4,8-13,17H,5-7,14-16H2,1-2H3,(H,25,29). The van der Waals surface area contributed by atoms with E-state index in [9.17, 15) is 4.79 Å².